The summed E-state index contributed by atoms with van der Waals surface area (Å²) in [5, 5.41) is 20.5. The van der Waals surface area contributed by atoms with Gasteiger partial charge < -0.3 is 5.11 Å². The fourth-order valence-electron chi connectivity index (χ4n) is 3.56. The van der Waals surface area contributed by atoms with E-state index in [1.165, 1.54) is 9.20 Å². The van der Waals surface area contributed by atoms with Gasteiger partial charge in [0.2, 0.25) is 0 Å². The van der Waals surface area contributed by atoms with Crippen molar-refractivity contribution in [3.63, 3.8) is 0 Å². The van der Waals surface area contributed by atoms with Crippen molar-refractivity contribution in [1.29, 1.82) is 0 Å². The van der Waals surface area contributed by atoms with Gasteiger partial charge in [0.15, 0.2) is 5.65 Å². The molecule has 4 rings (SSSR count). The molecule has 0 fully saturated rings. The van der Waals surface area contributed by atoms with E-state index in [1.54, 1.807) is 18.3 Å². The van der Waals surface area contributed by atoms with E-state index < -0.39 is 6.10 Å². The first-order valence-corrected chi connectivity index (χ1v) is 10.9. The molecule has 6 nitrogen and oxygen atoms in total. The third-order valence-electron chi connectivity index (χ3n) is 5.18. The SMILES string of the molecule is CCCC[C@H](O)Cn1nc2c(-c3ccc(Cl)cc3)c(-c3ccc(Cl)cc3)cnn2c1=O. The molecule has 31 heavy (non-hydrogen) atoms. The van der Waals surface area contributed by atoms with Gasteiger partial charge in [-0.15, -0.1) is 5.10 Å². The average Bonchev–Trinajstić information content (AvgIpc) is 3.08. The summed E-state index contributed by atoms with van der Waals surface area (Å²) < 4.78 is 2.56. The summed E-state index contributed by atoms with van der Waals surface area (Å²) in [6.45, 7) is 2.18. The molecule has 0 spiro atoms. The van der Waals surface area contributed by atoms with Crippen molar-refractivity contribution in [2.75, 3.05) is 0 Å². The second kappa shape index (κ2) is 9.22. The molecular weight excluding hydrogens is 435 g/mol. The van der Waals surface area contributed by atoms with Gasteiger partial charge in [-0.25, -0.2) is 9.48 Å². The van der Waals surface area contributed by atoms with Crippen LogP contribution in [0.5, 0.6) is 0 Å². The predicted octanol–water partition coefficient (Wildman–Crippen LogP) is 5.08. The van der Waals surface area contributed by atoms with E-state index in [-0.39, 0.29) is 12.2 Å². The maximum Gasteiger partial charge on any atom is 0.367 e. The van der Waals surface area contributed by atoms with Gasteiger partial charge >= 0.3 is 5.69 Å². The Labute approximate surface area is 189 Å². The number of benzene rings is 2. The first-order chi connectivity index (χ1) is 15.0. The lowest BCUT2D eigenvalue weighted by molar-refractivity contribution is 0.135. The highest BCUT2D eigenvalue weighted by atomic mass is 35.5. The van der Waals surface area contributed by atoms with Crippen molar-refractivity contribution in [1.82, 2.24) is 19.4 Å². The Morgan fingerprint density at radius 2 is 1.61 bits per heavy atom. The third kappa shape index (κ3) is 4.51. The summed E-state index contributed by atoms with van der Waals surface area (Å²) in [7, 11) is 0. The zero-order valence-corrected chi connectivity index (χ0v) is 18.5. The standard InChI is InChI=1S/C23H22Cl2N4O2/c1-2-3-4-19(30)14-28-23(31)29-22(27-28)21(16-7-11-18(25)12-8-16)20(13-26-29)15-5-9-17(24)10-6-15/h5-13,19,30H,2-4,14H2,1H3/t19-/m0/s1. The molecule has 160 valence electrons. The molecule has 8 heteroatoms. The summed E-state index contributed by atoms with van der Waals surface area (Å²) >= 11 is 12.2. The first kappa shape index (κ1) is 21.6. The lowest BCUT2D eigenvalue weighted by Crippen LogP contribution is -2.28. The summed E-state index contributed by atoms with van der Waals surface area (Å²) in [6.07, 6.45) is 3.49. The normalized spacial score (nSPS) is 12.4. The molecular formula is C23H22Cl2N4O2. The number of aliphatic hydroxyl groups excluding tert-OH is 1. The lowest BCUT2D eigenvalue weighted by Gasteiger charge is -2.11. The highest BCUT2D eigenvalue weighted by Gasteiger charge is 2.19. The van der Waals surface area contributed by atoms with Gasteiger partial charge in [0, 0.05) is 21.2 Å². The Bertz CT molecular complexity index is 1250. The Balaban J connectivity index is 1.90. The van der Waals surface area contributed by atoms with E-state index in [0.29, 0.717) is 22.1 Å². The summed E-state index contributed by atoms with van der Waals surface area (Å²) in [5.41, 5.74) is 3.36. The van der Waals surface area contributed by atoms with Crippen molar-refractivity contribution in [3.8, 4) is 22.3 Å². The van der Waals surface area contributed by atoms with Crippen molar-refractivity contribution in [2.24, 2.45) is 0 Å². The van der Waals surface area contributed by atoms with Gasteiger partial charge in [0.25, 0.3) is 0 Å². The van der Waals surface area contributed by atoms with Crippen LogP contribution in [0.2, 0.25) is 10.0 Å². The zero-order valence-electron chi connectivity index (χ0n) is 17.0. The monoisotopic (exact) mass is 456 g/mol. The number of aromatic nitrogens is 4. The molecule has 0 amide bonds. The van der Waals surface area contributed by atoms with Crippen LogP contribution < -0.4 is 5.69 Å². The number of fused-ring (bicyclic) bond motifs is 1. The molecule has 0 saturated carbocycles. The average molecular weight is 457 g/mol. The van der Waals surface area contributed by atoms with Crippen LogP contribution in [0.4, 0.5) is 0 Å². The Morgan fingerprint density at radius 3 is 2.23 bits per heavy atom. The number of nitrogens with zero attached hydrogens (tertiary/aromatic N) is 4. The second-order valence-corrected chi connectivity index (χ2v) is 8.32. The Hall–Kier alpha value is -2.67. The van der Waals surface area contributed by atoms with E-state index >= 15 is 0 Å². The quantitative estimate of drug-likeness (QED) is 0.420. The van der Waals surface area contributed by atoms with Gasteiger partial charge in [-0.05, 0) is 41.8 Å². The lowest BCUT2D eigenvalue weighted by atomic mass is 9.97. The van der Waals surface area contributed by atoms with E-state index in [0.717, 1.165) is 35.1 Å². The van der Waals surface area contributed by atoms with E-state index in [1.807, 2.05) is 36.4 Å². The molecule has 0 bridgehead atoms. The minimum atomic E-state index is -0.641. The van der Waals surface area contributed by atoms with Gasteiger partial charge in [-0.2, -0.15) is 9.61 Å². The minimum Gasteiger partial charge on any atom is -0.391 e. The van der Waals surface area contributed by atoms with Crippen molar-refractivity contribution < 1.29 is 5.11 Å². The number of unbranched alkanes of at least 4 members (excludes halogenated alkanes) is 1. The molecule has 0 unspecified atom stereocenters. The minimum absolute atomic E-state index is 0.124. The second-order valence-electron chi connectivity index (χ2n) is 7.44. The topological polar surface area (TPSA) is 72.4 Å². The molecule has 2 aromatic heterocycles. The summed E-state index contributed by atoms with van der Waals surface area (Å²) in [4.78, 5) is 12.9. The van der Waals surface area contributed by atoms with Crippen molar-refractivity contribution >= 4 is 28.8 Å². The van der Waals surface area contributed by atoms with Crippen LogP contribution in [0.25, 0.3) is 27.9 Å². The molecule has 0 radical (unpaired) electrons. The maximum absolute atomic E-state index is 12.9. The van der Waals surface area contributed by atoms with E-state index in [9.17, 15) is 9.90 Å². The van der Waals surface area contributed by atoms with Crippen LogP contribution in [0, 0.1) is 0 Å². The number of aliphatic hydroxyl groups is 1. The fraction of sp³-hybridized carbons (Fsp3) is 0.261. The van der Waals surface area contributed by atoms with Crippen LogP contribution in [-0.2, 0) is 6.54 Å². The fourth-order valence-corrected chi connectivity index (χ4v) is 3.81. The maximum atomic E-state index is 12.9. The molecule has 0 aliphatic rings. The summed E-state index contributed by atoms with van der Waals surface area (Å²) in [5.74, 6) is 0. The Kier molecular flexibility index (Phi) is 6.41. The van der Waals surface area contributed by atoms with Crippen molar-refractivity contribution in [3.05, 3.63) is 75.3 Å². The van der Waals surface area contributed by atoms with Gasteiger partial charge in [0.05, 0.1) is 18.8 Å². The highest BCUT2D eigenvalue weighted by molar-refractivity contribution is 6.31. The molecule has 1 atom stereocenters. The number of hydrogen-bond acceptors (Lipinski definition) is 4. The Morgan fingerprint density at radius 1 is 1.00 bits per heavy atom. The molecule has 1 N–H and O–H groups in total. The first-order valence-electron chi connectivity index (χ1n) is 10.2. The molecule has 4 aromatic rings. The highest BCUT2D eigenvalue weighted by Crippen LogP contribution is 2.34. The predicted molar refractivity (Wildman–Crippen MR) is 124 cm³/mol. The van der Waals surface area contributed by atoms with E-state index in [4.69, 9.17) is 23.2 Å². The summed E-state index contributed by atoms with van der Waals surface area (Å²) in [6, 6.07) is 14.8. The smallest absolute Gasteiger partial charge is 0.367 e. The number of halogens is 2. The van der Waals surface area contributed by atoms with Gasteiger partial charge in [-0.3, -0.25) is 0 Å². The van der Waals surface area contributed by atoms with Crippen LogP contribution in [0.3, 0.4) is 0 Å². The molecule has 0 aliphatic heterocycles. The van der Waals surface area contributed by atoms with Crippen LogP contribution in [0.15, 0.2) is 59.5 Å². The van der Waals surface area contributed by atoms with Gasteiger partial charge in [0.1, 0.15) is 0 Å². The number of rotatable bonds is 7. The number of hydrogen-bond donors (Lipinski definition) is 1. The van der Waals surface area contributed by atoms with E-state index in [2.05, 4.69) is 17.1 Å². The molecule has 2 aromatic carbocycles. The third-order valence-corrected chi connectivity index (χ3v) is 5.68. The molecule has 0 aliphatic carbocycles. The van der Waals surface area contributed by atoms with Crippen LogP contribution >= 0.6 is 23.2 Å². The molecule has 2 heterocycles. The molecule has 0 saturated heterocycles. The van der Waals surface area contributed by atoms with Gasteiger partial charge in [-0.1, -0.05) is 67.2 Å². The van der Waals surface area contributed by atoms with Crippen molar-refractivity contribution in [2.45, 2.75) is 38.8 Å². The van der Waals surface area contributed by atoms with Crippen LogP contribution in [0.1, 0.15) is 26.2 Å². The zero-order chi connectivity index (χ0) is 22.0. The largest absolute Gasteiger partial charge is 0.391 e. The van der Waals surface area contributed by atoms with Crippen LogP contribution in [-0.4, -0.2) is 30.6 Å².